The Bertz CT molecular complexity index is 1350. The summed E-state index contributed by atoms with van der Waals surface area (Å²) in [5, 5.41) is 3.12. The van der Waals surface area contributed by atoms with Gasteiger partial charge in [0.1, 0.15) is 17.5 Å². The van der Waals surface area contributed by atoms with Gasteiger partial charge < -0.3 is 11.1 Å². The standard InChI is InChI=1S/C24H26F2N6O2S/c1-14-5-7-18(8-6-14)35(33,34)32-13-20(19-9-15(25)11-29-24(19)32)22-28-12-21(26)23(31-22)30-17-4-2-3-16(27)10-17/h5-9,11-12,16-17,20H,2-4,10,13,27H2,1H3,(H,28,30,31)/t16-,17+,20?/m1/s1. The number of pyridine rings is 1. The minimum Gasteiger partial charge on any atom is -0.365 e. The Morgan fingerprint density at radius 2 is 1.89 bits per heavy atom. The van der Waals surface area contributed by atoms with E-state index in [2.05, 4.69) is 20.3 Å². The lowest BCUT2D eigenvalue weighted by Crippen LogP contribution is -2.35. The second-order valence-corrected chi connectivity index (χ2v) is 11.0. The highest BCUT2D eigenvalue weighted by Crippen LogP contribution is 2.41. The Balaban J connectivity index is 1.50. The van der Waals surface area contributed by atoms with Crippen LogP contribution in [0.3, 0.4) is 0 Å². The Labute approximate surface area is 202 Å². The fraction of sp³-hybridized carbons (Fsp3) is 0.375. The van der Waals surface area contributed by atoms with Gasteiger partial charge in [-0.05, 0) is 50.8 Å². The van der Waals surface area contributed by atoms with E-state index in [-0.39, 0.29) is 41.0 Å². The molecule has 1 aliphatic carbocycles. The van der Waals surface area contributed by atoms with Crippen LogP contribution in [0.4, 0.5) is 20.4 Å². The van der Waals surface area contributed by atoms with E-state index >= 15 is 0 Å². The van der Waals surface area contributed by atoms with Gasteiger partial charge in [0.2, 0.25) is 0 Å². The highest BCUT2D eigenvalue weighted by Gasteiger charge is 2.40. The van der Waals surface area contributed by atoms with Crippen molar-refractivity contribution in [1.29, 1.82) is 0 Å². The monoisotopic (exact) mass is 500 g/mol. The van der Waals surface area contributed by atoms with Crippen LogP contribution in [-0.4, -0.2) is 42.0 Å². The lowest BCUT2D eigenvalue weighted by molar-refractivity contribution is 0.407. The number of aromatic nitrogens is 3. The van der Waals surface area contributed by atoms with E-state index in [0.717, 1.165) is 41.5 Å². The average molecular weight is 501 g/mol. The van der Waals surface area contributed by atoms with E-state index in [1.54, 1.807) is 12.1 Å². The first-order chi connectivity index (χ1) is 16.7. The third kappa shape index (κ3) is 4.57. The fourth-order valence-corrected chi connectivity index (χ4v) is 6.20. The molecule has 0 bridgehead atoms. The van der Waals surface area contributed by atoms with Crippen molar-refractivity contribution < 1.29 is 17.2 Å². The number of nitrogens with zero attached hydrogens (tertiary/aromatic N) is 4. The van der Waals surface area contributed by atoms with Gasteiger partial charge in [-0.15, -0.1) is 0 Å². The number of hydrogen-bond acceptors (Lipinski definition) is 7. The third-order valence-electron chi connectivity index (χ3n) is 6.56. The van der Waals surface area contributed by atoms with Crippen LogP contribution in [-0.2, 0) is 10.0 Å². The molecule has 1 aliphatic heterocycles. The largest absolute Gasteiger partial charge is 0.365 e. The number of halogens is 2. The summed E-state index contributed by atoms with van der Waals surface area (Å²) in [6, 6.07) is 7.71. The molecule has 0 amide bonds. The molecule has 2 aromatic heterocycles. The molecule has 8 nitrogen and oxygen atoms in total. The normalized spacial score (nSPS) is 22.2. The van der Waals surface area contributed by atoms with Crippen LogP contribution in [0.25, 0.3) is 0 Å². The number of nitrogens with one attached hydrogen (secondary N) is 1. The molecule has 3 heterocycles. The molecule has 35 heavy (non-hydrogen) atoms. The van der Waals surface area contributed by atoms with Crippen LogP contribution in [0.5, 0.6) is 0 Å². The Hall–Kier alpha value is -3.18. The van der Waals surface area contributed by atoms with Gasteiger partial charge in [0.15, 0.2) is 11.6 Å². The number of fused-ring (bicyclic) bond motifs is 1. The van der Waals surface area contributed by atoms with E-state index in [9.17, 15) is 17.2 Å². The number of rotatable bonds is 5. The van der Waals surface area contributed by atoms with Crippen LogP contribution in [0.15, 0.2) is 47.6 Å². The molecule has 3 N–H and O–H groups in total. The Kier molecular flexibility index (Phi) is 6.14. The predicted molar refractivity (Wildman–Crippen MR) is 128 cm³/mol. The molecular weight excluding hydrogens is 474 g/mol. The number of benzene rings is 1. The maximum absolute atomic E-state index is 14.6. The van der Waals surface area contributed by atoms with Crippen LogP contribution in [0.2, 0.25) is 0 Å². The SMILES string of the molecule is Cc1ccc(S(=O)(=O)N2CC(c3ncc(F)c(N[C@H]4CCC[C@@H](N)C4)n3)c3cc(F)cnc32)cc1. The van der Waals surface area contributed by atoms with Crippen molar-refractivity contribution in [2.75, 3.05) is 16.2 Å². The molecule has 0 radical (unpaired) electrons. The number of nitrogens with two attached hydrogens (primary N) is 1. The molecule has 3 atom stereocenters. The van der Waals surface area contributed by atoms with Crippen molar-refractivity contribution in [2.24, 2.45) is 5.73 Å². The second-order valence-electron chi connectivity index (χ2n) is 9.16. The molecule has 184 valence electrons. The van der Waals surface area contributed by atoms with E-state index in [1.807, 2.05) is 6.92 Å². The molecule has 1 unspecified atom stereocenters. The highest BCUT2D eigenvalue weighted by molar-refractivity contribution is 7.92. The Morgan fingerprint density at radius 3 is 2.63 bits per heavy atom. The first-order valence-electron chi connectivity index (χ1n) is 11.5. The fourth-order valence-electron chi connectivity index (χ4n) is 4.74. The van der Waals surface area contributed by atoms with Crippen LogP contribution < -0.4 is 15.4 Å². The van der Waals surface area contributed by atoms with Gasteiger partial charge in [0.05, 0.1) is 29.8 Å². The van der Waals surface area contributed by atoms with Crippen molar-refractivity contribution in [1.82, 2.24) is 15.0 Å². The lowest BCUT2D eigenvalue weighted by Gasteiger charge is -2.28. The molecular formula is C24H26F2N6O2S. The molecule has 0 saturated heterocycles. The topological polar surface area (TPSA) is 114 Å². The molecule has 5 rings (SSSR count). The highest BCUT2D eigenvalue weighted by atomic mass is 32.2. The number of sulfonamides is 1. The summed E-state index contributed by atoms with van der Waals surface area (Å²) in [5.41, 5.74) is 7.30. The van der Waals surface area contributed by atoms with E-state index in [0.29, 0.717) is 12.0 Å². The van der Waals surface area contributed by atoms with E-state index in [4.69, 9.17) is 5.73 Å². The van der Waals surface area contributed by atoms with Crippen LogP contribution in [0.1, 0.15) is 48.6 Å². The molecule has 3 aromatic rings. The summed E-state index contributed by atoms with van der Waals surface area (Å²) in [4.78, 5) is 12.7. The van der Waals surface area contributed by atoms with Gasteiger partial charge in [0.25, 0.3) is 10.0 Å². The molecule has 1 aromatic carbocycles. The van der Waals surface area contributed by atoms with Crippen molar-refractivity contribution in [3.05, 3.63) is 71.3 Å². The quantitative estimate of drug-likeness (QED) is 0.551. The lowest BCUT2D eigenvalue weighted by atomic mass is 9.91. The van der Waals surface area contributed by atoms with Crippen molar-refractivity contribution in [3.8, 4) is 0 Å². The Morgan fingerprint density at radius 1 is 1.11 bits per heavy atom. The summed E-state index contributed by atoms with van der Waals surface area (Å²) < 4.78 is 56.8. The average Bonchev–Trinajstić information content (AvgIpc) is 3.20. The smallest absolute Gasteiger partial charge is 0.265 e. The van der Waals surface area contributed by atoms with Crippen molar-refractivity contribution in [3.63, 3.8) is 0 Å². The molecule has 1 fully saturated rings. The van der Waals surface area contributed by atoms with Gasteiger partial charge in [-0.3, -0.25) is 0 Å². The zero-order valence-electron chi connectivity index (χ0n) is 19.2. The summed E-state index contributed by atoms with van der Waals surface area (Å²) in [6.07, 6.45) is 5.43. The van der Waals surface area contributed by atoms with Crippen LogP contribution in [0, 0.1) is 18.6 Å². The molecule has 11 heteroatoms. The van der Waals surface area contributed by atoms with Crippen molar-refractivity contribution in [2.45, 2.75) is 55.5 Å². The maximum atomic E-state index is 14.6. The molecule has 1 saturated carbocycles. The summed E-state index contributed by atoms with van der Waals surface area (Å²) in [7, 11) is -3.98. The zero-order valence-corrected chi connectivity index (χ0v) is 20.0. The number of anilines is 2. The summed E-state index contributed by atoms with van der Waals surface area (Å²) in [6.45, 7) is 1.78. The van der Waals surface area contributed by atoms with Gasteiger partial charge in [-0.1, -0.05) is 17.7 Å². The number of aryl methyl sites for hydroxylation is 1. The minimum atomic E-state index is -3.98. The second kappa shape index (κ2) is 9.12. The van der Waals surface area contributed by atoms with Crippen LogP contribution >= 0.6 is 0 Å². The first-order valence-corrected chi connectivity index (χ1v) is 13.0. The third-order valence-corrected chi connectivity index (χ3v) is 8.33. The van der Waals surface area contributed by atoms with Gasteiger partial charge >= 0.3 is 0 Å². The summed E-state index contributed by atoms with van der Waals surface area (Å²) >= 11 is 0. The molecule has 0 spiro atoms. The molecule has 2 aliphatic rings. The zero-order chi connectivity index (χ0) is 24.7. The van der Waals surface area contributed by atoms with E-state index < -0.39 is 27.6 Å². The van der Waals surface area contributed by atoms with Gasteiger partial charge in [-0.25, -0.2) is 36.5 Å². The maximum Gasteiger partial charge on any atom is 0.265 e. The van der Waals surface area contributed by atoms with E-state index in [1.165, 1.54) is 18.2 Å². The number of hydrogen-bond donors (Lipinski definition) is 2. The van der Waals surface area contributed by atoms with Crippen molar-refractivity contribution >= 4 is 21.7 Å². The summed E-state index contributed by atoms with van der Waals surface area (Å²) in [5.74, 6) is -1.63. The van der Waals surface area contributed by atoms with Gasteiger partial charge in [-0.2, -0.15) is 0 Å². The predicted octanol–water partition coefficient (Wildman–Crippen LogP) is 3.48. The van der Waals surface area contributed by atoms with Gasteiger partial charge in [0, 0.05) is 17.6 Å². The first kappa shape index (κ1) is 23.6. The minimum absolute atomic E-state index is 0.0237.